The van der Waals surface area contributed by atoms with Crippen LogP contribution in [0.5, 0.6) is 0 Å². The smallest absolute Gasteiger partial charge is 0.281 e. The highest BCUT2D eigenvalue weighted by molar-refractivity contribution is 9.10. The molecule has 0 unspecified atom stereocenters. The predicted molar refractivity (Wildman–Crippen MR) is 77.0 cm³/mol. The first-order valence-corrected chi connectivity index (χ1v) is 6.71. The first-order valence-electron chi connectivity index (χ1n) is 5.92. The molecule has 2 aromatic rings. The molecule has 0 radical (unpaired) electrons. The number of nitrogens with one attached hydrogen (secondary N) is 1. The van der Waals surface area contributed by atoms with Crippen molar-refractivity contribution in [2.75, 3.05) is 0 Å². The van der Waals surface area contributed by atoms with Crippen LogP contribution in [0.4, 0.5) is 0 Å². The van der Waals surface area contributed by atoms with Crippen molar-refractivity contribution in [3.63, 3.8) is 0 Å². The highest BCUT2D eigenvalue weighted by Gasteiger charge is 2.22. The average Bonchev–Trinajstić information content (AvgIpc) is 2.58. The Morgan fingerprint density at radius 3 is 2.33 bits per heavy atom. The highest BCUT2D eigenvalue weighted by Crippen LogP contribution is 2.25. The molecule has 0 bridgehead atoms. The van der Waals surface area contributed by atoms with Crippen LogP contribution in [0.15, 0.2) is 39.6 Å². The predicted octanol–water partition coefficient (Wildman–Crippen LogP) is 3.28. The van der Waals surface area contributed by atoms with Crippen molar-refractivity contribution < 1.29 is 0 Å². The van der Waals surface area contributed by atoms with E-state index in [1.807, 2.05) is 30.3 Å². The summed E-state index contributed by atoms with van der Waals surface area (Å²) in [4.78, 5) is 12.1. The van der Waals surface area contributed by atoms with Crippen LogP contribution in [0.1, 0.15) is 32.0 Å². The van der Waals surface area contributed by atoms with E-state index in [1.54, 1.807) is 4.68 Å². The summed E-state index contributed by atoms with van der Waals surface area (Å²) < 4.78 is 2.27. The molecule has 0 fully saturated rings. The van der Waals surface area contributed by atoms with Gasteiger partial charge in [-0.3, -0.25) is 9.89 Å². The molecular formula is C14H17BrN2O. The summed E-state index contributed by atoms with van der Waals surface area (Å²) in [6, 6.07) is 9.94. The number of aromatic nitrogens is 2. The highest BCUT2D eigenvalue weighted by atomic mass is 79.9. The largest absolute Gasteiger partial charge is 0.298 e. The molecule has 3 nitrogen and oxygen atoms in total. The molecule has 0 spiro atoms. The third-order valence-corrected chi connectivity index (χ3v) is 3.57. The molecule has 0 saturated heterocycles. The van der Waals surface area contributed by atoms with Gasteiger partial charge in [-0.25, -0.2) is 4.68 Å². The van der Waals surface area contributed by atoms with Crippen molar-refractivity contribution in [2.24, 2.45) is 0 Å². The summed E-state index contributed by atoms with van der Waals surface area (Å²) in [6.07, 6.45) is 0. The molecule has 18 heavy (non-hydrogen) atoms. The van der Waals surface area contributed by atoms with Gasteiger partial charge in [0.05, 0.1) is 12.2 Å². The molecule has 0 aliphatic rings. The first kappa shape index (κ1) is 13.1. The first-order chi connectivity index (χ1) is 8.39. The maximum Gasteiger partial charge on any atom is 0.281 e. The van der Waals surface area contributed by atoms with Crippen molar-refractivity contribution in [1.82, 2.24) is 9.78 Å². The number of nitrogens with zero attached hydrogens (tertiary/aromatic N) is 1. The maximum atomic E-state index is 12.1. The Morgan fingerprint density at radius 1 is 1.22 bits per heavy atom. The lowest BCUT2D eigenvalue weighted by Crippen LogP contribution is -2.17. The number of H-pyrrole nitrogens is 1. The van der Waals surface area contributed by atoms with Gasteiger partial charge in [0.2, 0.25) is 0 Å². The van der Waals surface area contributed by atoms with E-state index in [-0.39, 0.29) is 11.0 Å². The van der Waals surface area contributed by atoms with E-state index in [0.717, 1.165) is 11.3 Å². The summed E-state index contributed by atoms with van der Waals surface area (Å²) >= 11 is 3.39. The third-order valence-electron chi connectivity index (χ3n) is 2.83. The fourth-order valence-corrected chi connectivity index (χ4v) is 2.73. The van der Waals surface area contributed by atoms with Gasteiger partial charge in [-0.05, 0) is 21.5 Å². The van der Waals surface area contributed by atoms with Gasteiger partial charge in [0.15, 0.2) is 0 Å². The van der Waals surface area contributed by atoms with E-state index < -0.39 is 0 Å². The topological polar surface area (TPSA) is 37.8 Å². The van der Waals surface area contributed by atoms with Crippen molar-refractivity contribution in [3.8, 4) is 0 Å². The van der Waals surface area contributed by atoms with Gasteiger partial charge in [-0.15, -0.1) is 0 Å². The van der Waals surface area contributed by atoms with Crippen LogP contribution in [0.3, 0.4) is 0 Å². The zero-order valence-corrected chi connectivity index (χ0v) is 12.4. The molecule has 1 aromatic heterocycles. The van der Waals surface area contributed by atoms with Gasteiger partial charge in [0.25, 0.3) is 5.56 Å². The van der Waals surface area contributed by atoms with E-state index in [1.165, 1.54) is 0 Å². The number of hydrogen-bond donors (Lipinski definition) is 1. The summed E-state index contributed by atoms with van der Waals surface area (Å²) in [6.45, 7) is 6.80. The molecule has 0 aliphatic carbocycles. The number of hydrogen-bond acceptors (Lipinski definition) is 1. The fraction of sp³-hybridized carbons (Fsp3) is 0.357. The molecule has 0 amide bonds. The lowest BCUT2D eigenvalue weighted by molar-refractivity contribution is 0.541. The van der Waals surface area contributed by atoms with Gasteiger partial charge >= 0.3 is 0 Å². The number of rotatable bonds is 2. The van der Waals surface area contributed by atoms with Crippen molar-refractivity contribution in [2.45, 2.75) is 32.7 Å². The molecule has 2 rings (SSSR count). The Morgan fingerprint density at radius 2 is 1.83 bits per heavy atom. The van der Waals surface area contributed by atoms with E-state index >= 15 is 0 Å². The van der Waals surface area contributed by atoms with Gasteiger partial charge in [-0.2, -0.15) is 0 Å². The van der Waals surface area contributed by atoms with E-state index in [9.17, 15) is 4.79 Å². The van der Waals surface area contributed by atoms with Crippen molar-refractivity contribution in [1.29, 1.82) is 0 Å². The standard InChI is InChI=1S/C14H17BrN2O/c1-14(2,3)12-11(15)13(18)17(16-12)9-10-7-5-4-6-8-10/h4-8,16H,9H2,1-3H3. The molecule has 0 saturated carbocycles. The molecule has 96 valence electrons. The summed E-state index contributed by atoms with van der Waals surface area (Å²) in [7, 11) is 0. The van der Waals surface area contributed by atoms with Gasteiger partial charge in [0.1, 0.15) is 4.47 Å². The second-order valence-electron chi connectivity index (χ2n) is 5.43. The number of benzene rings is 1. The summed E-state index contributed by atoms with van der Waals surface area (Å²) in [5, 5.41) is 3.20. The normalized spacial score (nSPS) is 11.8. The van der Waals surface area contributed by atoms with Crippen molar-refractivity contribution >= 4 is 15.9 Å². The van der Waals surface area contributed by atoms with Crippen LogP contribution >= 0.6 is 15.9 Å². The molecule has 1 aromatic carbocycles. The van der Waals surface area contributed by atoms with Crippen LogP contribution in [-0.2, 0) is 12.0 Å². The van der Waals surface area contributed by atoms with Crippen molar-refractivity contribution in [3.05, 3.63) is 56.4 Å². The average molecular weight is 309 g/mol. The Balaban J connectivity index is 2.39. The monoisotopic (exact) mass is 308 g/mol. The molecule has 0 aliphatic heterocycles. The van der Waals surface area contributed by atoms with Crippen LogP contribution < -0.4 is 5.56 Å². The minimum absolute atomic E-state index is 0.0104. The zero-order chi connectivity index (χ0) is 13.3. The Hall–Kier alpha value is -1.29. The summed E-state index contributed by atoms with van der Waals surface area (Å²) in [5.74, 6) is 0. The minimum atomic E-state index is -0.0834. The van der Waals surface area contributed by atoms with Gasteiger partial charge < -0.3 is 0 Å². The molecule has 1 N–H and O–H groups in total. The van der Waals surface area contributed by atoms with Crippen LogP contribution in [0, 0.1) is 0 Å². The summed E-state index contributed by atoms with van der Waals surface area (Å²) in [5.41, 5.74) is 1.95. The Kier molecular flexibility index (Phi) is 3.48. The second kappa shape index (κ2) is 4.76. The number of halogens is 1. The fourth-order valence-electron chi connectivity index (χ4n) is 1.83. The van der Waals surface area contributed by atoms with Crippen LogP contribution in [0.25, 0.3) is 0 Å². The van der Waals surface area contributed by atoms with Crippen LogP contribution in [0.2, 0.25) is 0 Å². The molecule has 4 heteroatoms. The second-order valence-corrected chi connectivity index (χ2v) is 6.22. The SMILES string of the molecule is CC(C)(C)c1[nH]n(Cc2ccccc2)c(=O)c1Br. The van der Waals surface area contributed by atoms with E-state index in [0.29, 0.717) is 11.0 Å². The minimum Gasteiger partial charge on any atom is -0.298 e. The van der Waals surface area contributed by atoms with E-state index in [4.69, 9.17) is 0 Å². The third kappa shape index (κ3) is 2.58. The lowest BCUT2D eigenvalue weighted by atomic mass is 9.93. The van der Waals surface area contributed by atoms with Gasteiger partial charge in [-0.1, -0.05) is 51.1 Å². The molecular weight excluding hydrogens is 292 g/mol. The maximum absolute atomic E-state index is 12.1. The van der Waals surface area contributed by atoms with Gasteiger partial charge in [0, 0.05) is 5.41 Å². The van der Waals surface area contributed by atoms with E-state index in [2.05, 4.69) is 41.8 Å². The molecule has 0 atom stereocenters. The number of aromatic amines is 1. The lowest BCUT2D eigenvalue weighted by Gasteiger charge is -2.16. The molecule has 1 heterocycles. The quantitative estimate of drug-likeness (QED) is 0.908. The Bertz CT molecular complexity index is 590. The van der Waals surface area contributed by atoms with Crippen LogP contribution in [-0.4, -0.2) is 9.78 Å². The zero-order valence-electron chi connectivity index (χ0n) is 10.8. The Labute approximate surface area is 115 Å².